The van der Waals surface area contributed by atoms with Gasteiger partial charge >= 0.3 is 12.0 Å². The minimum Gasteiger partial charge on any atom is -0.480 e. The molecule has 5 nitrogen and oxygen atoms in total. The SMILES string of the molecule is CC1CCCCCC1NC(=O)NC(C(=O)O)C(C)(C)C. The van der Waals surface area contributed by atoms with Gasteiger partial charge in [-0.3, -0.25) is 0 Å². The average Bonchev–Trinajstić information content (AvgIpc) is 2.50. The van der Waals surface area contributed by atoms with Crippen LogP contribution in [0.15, 0.2) is 0 Å². The average molecular weight is 284 g/mol. The predicted molar refractivity (Wildman–Crippen MR) is 78.6 cm³/mol. The van der Waals surface area contributed by atoms with Crippen LogP contribution in [0.4, 0.5) is 4.79 Å². The number of carbonyl (C=O) groups is 2. The van der Waals surface area contributed by atoms with Crippen molar-refractivity contribution in [3.63, 3.8) is 0 Å². The lowest BCUT2D eigenvalue weighted by Crippen LogP contribution is -2.54. The Bertz CT molecular complexity index is 350. The Kier molecular flexibility index (Phi) is 5.84. The van der Waals surface area contributed by atoms with Crippen molar-refractivity contribution < 1.29 is 14.7 Å². The molecule has 0 aromatic rings. The fraction of sp³-hybridized carbons (Fsp3) is 0.867. The summed E-state index contributed by atoms with van der Waals surface area (Å²) in [6.45, 7) is 7.57. The molecule has 116 valence electrons. The Balaban J connectivity index is 2.59. The summed E-state index contributed by atoms with van der Waals surface area (Å²) in [5.41, 5.74) is -0.516. The topological polar surface area (TPSA) is 78.4 Å². The van der Waals surface area contributed by atoms with Gasteiger partial charge in [-0.2, -0.15) is 0 Å². The van der Waals surface area contributed by atoms with Gasteiger partial charge < -0.3 is 15.7 Å². The maximum Gasteiger partial charge on any atom is 0.326 e. The van der Waals surface area contributed by atoms with Crippen molar-refractivity contribution in [2.75, 3.05) is 0 Å². The van der Waals surface area contributed by atoms with Gasteiger partial charge in [0.05, 0.1) is 0 Å². The van der Waals surface area contributed by atoms with E-state index in [1.807, 2.05) is 0 Å². The first-order chi connectivity index (χ1) is 9.21. The lowest BCUT2D eigenvalue weighted by molar-refractivity contribution is -0.141. The number of rotatable bonds is 3. The zero-order valence-corrected chi connectivity index (χ0v) is 13.0. The first-order valence-electron chi connectivity index (χ1n) is 7.51. The number of hydrogen-bond acceptors (Lipinski definition) is 2. The summed E-state index contributed by atoms with van der Waals surface area (Å²) in [5.74, 6) is -0.553. The van der Waals surface area contributed by atoms with E-state index in [1.165, 1.54) is 12.8 Å². The van der Waals surface area contributed by atoms with E-state index in [9.17, 15) is 14.7 Å². The number of aliphatic carboxylic acids is 1. The van der Waals surface area contributed by atoms with Crippen LogP contribution in [0, 0.1) is 11.3 Å². The summed E-state index contributed by atoms with van der Waals surface area (Å²) in [6, 6.07) is -1.11. The van der Waals surface area contributed by atoms with E-state index in [2.05, 4.69) is 17.6 Å². The second-order valence-electron chi connectivity index (χ2n) is 6.98. The molecule has 0 aromatic heterocycles. The Labute approximate surface area is 121 Å². The van der Waals surface area contributed by atoms with Crippen molar-refractivity contribution in [3.8, 4) is 0 Å². The maximum atomic E-state index is 12.0. The van der Waals surface area contributed by atoms with Crippen LogP contribution in [0.3, 0.4) is 0 Å². The van der Waals surface area contributed by atoms with Crippen molar-refractivity contribution in [1.29, 1.82) is 0 Å². The molecule has 1 rings (SSSR count). The Hall–Kier alpha value is -1.26. The molecule has 0 heterocycles. The van der Waals surface area contributed by atoms with Gasteiger partial charge in [-0.05, 0) is 24.2 Å². The zero-order valence-electron chi connectivity index (χ0n) is 13.0. The van der Waals surface area contributed by atoms with Crippen LogP contribution < -0.4 is 10.6 Å². The maximum absolute atomic E-state index is 12.0. The third-order valence-electron chi connectivity index (χ3n) is 4.07. The van der Waals surface area contributed by atoms with Crippen LogP contribution in [0.2, 0.25) is 0 Å². The standard InChI is InChI=1S/C15H28N2O3/c1-10-8-6-5-7-9-11(10)16-14(20)17-12(13(18)19)15(2,3)4/h10-12H,5-9H2,1-4H3,(H,18,19)(H2,16,17,20). The lowest BCUT2D eigenvalue weighted by Gasteiger charge is -2.29. The molecular weight excluding hydrogens is 256 g/mol. The molecule has 0 saturated heterocycles. The van der Waals surface area contributed by atoms with Gasteiger partial charge in [0.1, 0.15) is 6.04 Å². The molecular formula is C15H28N2O3. The minimum atomic E-state index is -0.999. The summed E-state index contributed by atoms with van der Waals surface area (Å²) in [7, 11) is 0. The van der Waals surface area contributed by atoms with Gasteiger partial charge in [0.25, 0.3) is 0 Å². The molecule has 1 saturated carbocycles. The number of urea groups is 1. The highest BCUT2D eigenvalue weighted by molar-refractivity contribution is 5.83. The van der Waals surface area contributed by atoms with Gasteiger partial charge in [0, 0.05) is 6.04 Å². The Morgan fingerprint density at radius 3 is 2.30 bits per heavy atom. The highest BCUT2D eigenvalue weighted by Crippen LogP contribution is 2.23. The molecule has 0 spiro atoms. The van der Waals surface area contributed by atoms with E-state index < -0.39 is 17.4 Å². The van der Waals surface area contributed by atoms with Gasteiger partial charge in [-0.15, -0.1) is 0 Å². The largest absolute Gasteiger partial charge is 0.480 e. The van der Waals surface area contributed by atoms with Crippen LogP contribution in [0.25, 0.3) is 0 Å². The highest BCUT2D eigenvalue weighted by atomic mass is 16.4. The van der Waals surface area contributed by atoms with Crippen molar-refractivity contribution >= 4 is 12.0 Å². The molecule has 0 bridgehead atoms. The summed E-state index contributed by atoms with van der Waals surface area (Å²) in [5, 5.41) is 14.8. The zero-order chi connectivity index (χ0) is 15.3. The van der Waals surface area contributed by atoms with E-state index in [1.54, 1.807) is 20.8 Å². The number of nitrogens with one attached hydrogen (secondary N) is 2. The second kappa shape index (κ2) is 6.95. The van der Waals surface area contributed by atoms with Crippen LogP contribution in [-0.4, -0.2) is 29.2 Å². The first-order valence-corrected chi connectivity index (χ1v) is 7.51. The summed E-state index contributed by atoms with van der Waals surface area (Å²) in [4.78, 5) is 23.3. The number of carbonyl (C=O) groups excluding carboxylic acids is 1. The van der Waals surface area contributed by atoms with E-state index >= 15 is 0 Å². The van der Waals surface area contributed by atoms with Crippen molar-refractivity contribution in [2.45, 2.75) is 71.9 Å². The van der Waals surface area contributed by atoms with E-state index in [-0.39, 0.29) is 12.1 Å². The number of carboxylic acids is 1. The Morgan fingerprint density at radius 2 is 1.75 bits per heavy atom. The molecule has 3 atom stereocenters. The van der Waals surface area contributed by atoms with Crippen LogP contribution >= 0.6 is 0 Å². The molecule has 0 aromatic carbocycles. The monoisotopic (exact) mass is 284 g/mol. The molecule has 5 heteroatoms. The fourth-order valence-electron chi connectivity index (χ4n) is 2.70. The van der Waals surface area contributed by atoms with Crippen LogP contribution in [0.5, 0.6) is 0 Å². The smallest absolute Gasteiger partial charge is 0.326 e. The number of carboxylic acid groups (broad SMARTS) is 1. The molecule has 1 aliphatic carbocycles. The van der Waals surface area contributed by atoms with E-state index in [0.29, 0.717) is 5.92 Å². The quantitative estimate of drug-likeness (QED) is 0.697. The van der Waals surface area contributed by atoms with Crippen molar-refractivity contribution in [3.05, 3.63) is 0 Å². The van der Waals surface area contributed by atoms with Crippen molar-refractivity contribution in [2.24, 2.45) is 11.3 Å². The predicted octanol–water partition coefficient (Wildman–Crippen LogP) is 2.75. The van der Waals surface area contributed by atoms with Crippen LogP contribution in [0.1, 0.15) is 59.8 Å². The molecule has 3 N–H and O–H groups in total. The first kappa shape index (κ1) is 16.8. The molecule has 0 radical (unpaired) electrons. The molecule has 20 heavy (non-hydrogen) atoms. The number of hydrogen-bond donors (Lipinski definition) is 3. The molecule has 2 amide bonds. The molecule has 1 aliphatic rings. The lowest BCUT2D eigenvalue weighted by atomic mass is 9.87. The van der Waals surface area contributed by atoms with Gasteiger partial charge in [0.15, 0.2) is 0 Å². The second-order valence-corrected chi connectivity index (χ2v) is 6.98. The number of amides is 2. The minimum absolute atomic E-state index is 0.145. The van der Waals surface area contributed by atoms with Gasteiger partial charge in [0.2, 0.25) is 0 Å². The normalized spacial score (nSPS) is 25.4. The highest BCUT2D eigenvalue weighted by Gasteiger charge is 2.33. The molecule has 3 unspecified atom stereocenters. The third kappa shape index (κ3) is 5.02. The molecule has 0 aliphatic heterocycles. The van der Waals surface area contributed by atoms with E-state index in [4.69, 9.17) is 0 Å². The van der Waals surface area contributed by atoms with Gasteiger partial charge in [-0.1, -0.05) is 47.0 Å². The fourth-order valence-corrected chi connectivity index (χ4v) is 2.70. The van der Waals surface area contributed by atoms with Crippen molar-refractivity contribution in [1.82, 2.24) is 10.6 Å². The van der Waals surface area contributed by atoms with Crippen LogP contribution in [-0.2, 0) is 4.79 Å². The van der Waals surface area contributed by atoms with Gasteiger partial charge in [-0.25, -0.2) is 9.59 Å². The van der Waals surface area contributed by atoms with E-state index in [0.717, 1.165) is 19.3 Å². The third-order valence-corrected chi connectivity index (χ3v) is 4.07. The summed E-state index contributed by atoms with van der Waals surface area (Å²) in [6.07, 6.45) is 5.63. The molecule has 1 fully saturated rings. The summed E-state index contributed by atoms with van der Waals surface area (Å²) < 4.78 is 0. The Morgan fingerprint density at radius 1 is 1.15 bits per heavy atom. The summed E-state index contributed by atoms with van der Waals surface area (Å²) >= 11 is 0.